The van der Waals surface area contributed by atoms with Crippen LogP contribution in [-0.4, -0.2) is 23.9 Å². The minimum Gasteiger partial charge on any atom is -0.461 e. The Labute approximate surface area is 129 Å². The summed E-state index contributed by atoms with van der Waals surface area (Å²) in [5.74, 6) is 1.45. The van der Waals surface area contributed by atoms with Gasteiger partial charge in [0.25, 0.3) is 0 Å². The van der Waals surface area contributed by atoms with E-state index in [1.54, 1.807) is 12.1 Å². The van der Waals surface area contributed by atoms with Gasteiger partial charge in [-0.2, -0.15) is 0 Å². The van der Waals surface area contributed by atoms with Gasteiger partial charge in [0.15, 0.2) is 0 Å². The molecule has 1 aromatic heterocycles. The number of rotatable bonds is 4. The van der Waals surface area contributed by atoms with Gasteiger partial charge in [-0.15, -0.1) is 0 Å². The molecular weight excluding hydrogens is 281 g/mol. The quantitative estimate of drug-likeness (QED) is 0.854. The number of hydrogen-bond acceptors (Lipinski definition) is 2. The number of piperidine rings is 1. The van der Waals surface area contributed by atoms with Crippen LogP contribution in [-0.2, 0) is 11.2 Å². The Balaban J connectivity index is 1.57. The highest BCUT2D eigenvalue weighted by Crippen LogP contribution is 2.23. The molecule has 4 heteroatoms. The second-order valence-electron chi connectivity index (χ2n) is 5.71. The van der Waals surface area contributed by atoms with E-state index >= 15 is 0 Å². The van der Waals surface area contributed by atoms with Crippen LogP contribution in [0, 0.1) is 5.82 Å². The molecule has 0 aliphatic carbocycles. The van der Waals surface area contributed by atoms with Gasteiger partial charge >= 0.3 is 0 Å². The number of benzene rings is 1. The summed E-state index contributed by atoms with van der Waals surface area (Å²) in [5, 5.41) is 0. The van der Waals surface area contributed by atoms with Gasteiger partial charge in [0, 0.05) is 31.5 Å². The van der Waals surface area contributed by atoms with Gasteiger partial charge in [0.2, 0.25) is 5.91 Å². The molecule has 1 saturated heterocycles. The summed E-state index contributed by atoms with van der Waals surface area (Å²) in [5.41, 5.74) is 0.843. The summed E-state index contributed by atoms with van der Waals surface area (Å²) in [6.07, 6.45) is 4.54. The molecule has 0 spiro atoms. The summed E-state index contributed by atoms with van der Waals surface area (Å²) in [4.78, 5) is 14.1. The van der Waals surface area contributed by atoms with Gasteiger partial charge in [0.1, 0.15) is 17.3 Å². The lowest BCUT2D eigenvalue weighted by molar-refractivity contribution is -0.132. The third-order valence-electron chi connectivity index (χ3n) is 4.08. The smallest absolute Gasteiger partial charge is 0.223 e. The van der Waals surface area contributed by atoms with Crippen LogP contribution in [0.15, 0.2) is 40.8 Å². The van der Waals surface area contributed by atoms with Gasteiger partial charge in [0.05, 0.1) is 0 Å². The van der Waals surface area contributed by atoms with Crippen LogP contribution < -0.4 is 0 Å². The van der Waals surface area contributed by atoms with Crippen molar-refractivity contribution >= 4 is 5.91 Å². The van der Waals surface area contributed by atoms with Crippen molar-refractivity contribution in [1.82, 2.24) is 4.90 Å². The van der Waals surface area contributed by atoms with Crippen LogP contribution in [0.25, 0.3) is 11.3 Å². The SMILES string of the molecule is O=C(CCc1ccc(-c2ccc(F)cc2)o1)N1CCCCC1. The molecule has 2 heterocycles. The molecule has 0 atom stereocenters. The average molecular weight is 301 g/mol. The molecule has 1 aliphatic heterocycles. The van der Waals surface area contributed by atoms with Crippen molar-refractivity contribution in [2.45, 2.75) is 32.1 Å². The summed E-state index contributed by atoms with van der Waals surface area (Å²) >= 11 is 0. The number of carbonyl (C=O) groups is 1. The molecule has 1 amide bonds. The van der Waals surface area contributed by atoms with E-state index in [-0.39, 0.29) is 11.7 Å². The molecule has 3 rings (SSSR count). The van der Waals surface area contributed by atoms with E-state index in [1.165, 1.54) is 18.6 Å². The van der Waals surface area contributed by atoms with E-state index in [0.717, 1.165) is 37.3 Å². The van der Waals surface area contributed by atoms with Crippen LogP contribution in [0.1, 0.15) is 31.4 Å². The van der Waals surface area contributed by atoms with Crippen LogP contribution in [0.2, 0.25) is 0 Å². The zero-order chi connectivity index (χ0) is 15.4. The highest BCUT2D eigenvalue weighted by molar-refractivity contribution is 5.76. The summed E-state index contributed by atoms with van der Waals surface area (Å²) in [6.45, 7) is 1.77. The van der Waals surface area contributed by atoms with Crippen LogP contribution in [0.3, 0.4) is 0 Å². The lowest BCUT2D eigenvalue weighted by Crippen LogP contribution is -2.35. The molecule has 1 aliphatic rings. The van der Waals surface area contributed by atoms with E-state index in [9.17, 15) is 9.18 Å². The highest BCUT2D eigenvalue weighted by atomic mass is 19.1. The van der Waals surface area contributed by atoms with Gasteiger partial charge in [-0.1, -0.05) is 0 Å². The summed E-state index contributed by atoms with van der Waals surface area (Å²) in [7, 11) is 0. The zero-order valence-corrected chi connectivity index (χ0v) is 12.6. The first-order valence-electron chi connectivity index (χ1n) is 7.85. The Morgan fingerprint density at radius 1 is 1.05 bits per heavy atom. The molecule has 1 aromatic carbocycles. The van der Waals surface area contributed by atoms with Crippen molar-refractivity contribution in [3.8, 4) is 11.3 Å². The molecule has 1 fully saturated rings. The zero-order valence-electron chi connectivity index (χ0n) is 12.6. The minimum absolute atomic E-state index is 0.208. The molecule has 22 heavy (non-hydrogen) atoms. The van der Waals surface area contributed by atoms with Crippen molar-refractivity contribution in [2.75, 3.05) is 13.1 Å². The highest BCUT2D eigenvalue weighted by Gasteiger charge is 2.16. The first kappa shape index (κ1) is 14.8. The van der Waals surface area contributed by atoms with Crippen LogP contribution in [0.4, 0.5) is 4.39 Å². The monoisotopic (exact) mass is 301 g/mol. The molecule has 3 nitrogen and oxygen atoms in total. The molecule has 0 radical (unpaired) electrons. The van der Waals surface area contributed by atoms with Crippen molar-refractivity contribution in [1.29, 1.82) is 0 Å². The van der Waals surface area contributed by atoms with E-state index in [2.05, 4.69) is 0 Å². The molecule has 2 aromatic rings. The van der Waals surface area contributed by atoms with Crippen LogP contribution >= 0.6 is 0 Å². The number of likely N-dealkylation sites (tertiary alicyclic amines) is 1. The first-order chi connectivity index (χ1) is 10.7. The van der Waals surface area contributed by atoms with E-state index in [0.29, 0.717) is 18.6 Å². The van der Waals surface area contributed by atoms with Crippen molar-refractivity contribution in [2.24, 2.45) is 0 Å². The third kappa shape index (κ3) is 3.56. The molecule has 116 valence electrons. The van der Waals surface area contributed by atoms with E-state index < -0.39 is 0 Å². The maximum Gasteiger partial charge on any atom is 0.223 e. The topological polar surface area (TPSA) is 33.5 Å². The van der Waals surface area contributed by atoms with Crippen LogP contribution in [0.5, 0.6) is 0 Å². The fraction of sp³-hybridized carbons (Fsp3) is 0.389. The predicted octanol–water partition coefficient (Wildman–Crippen LogP) is 4.03. The lowest BCUT2D eigenvalue weighted by Gasteiger charge is -2.26. The predicted molar refractivity (Wildman–Crippen MR) is 82.9 cm³/mol. The Morgan fingerprint density at radius 3 is 2.50 bits per heavy atom. The van der Waals surface area contributed by atoms with Crippen molar-refractivity contribution in [3.63, 3.8) is 0 Å². The summed E-state index contributed by atoms with van der Waals surface area (Å²) in [6, 6.07) is 9.97. The maximum absolute atomic E-state index is 12.9. The largest absolute Gasteiger partial charge is 0.461 e. The van der Waals surface area contributed by atoms with Gasteiger partial charge < -0.3 is 9.32 Å². The first-order valence-corrected chi connectivity index (χ1v) is 7.85. The Hall–Kier alpha value is -2.10. The third-order valence-corrected chi connectivity index (χ3v) is 4.08. The van der Waals surface area contributed by atoms with Gasteiger partial charge in [-0.3, -0.25) is 4.79 Å². The number of halogens is 1. The number of furan rings is 1. The fourth-order valence-corrected chi connectivity index (χ4v) is 2.81. The number of hydrogen-bond donors (Lipinski definition) is 0. The van der Waals surface area contributed by atoms with Gasteiger partial charge in [-0.25, -0.2) is 4.39 Å². The second kappa shape index (κ2) is 6.77. The number of amides is 1. The molecule has 0 bridgehead atoms. The second-order valence-corrected chi connectivity index (χ2v) is 5.71. The maximum atomic E-state index is 12.9. The van der Waals surface area contributed by atoms with Crippen molar-refractivity contribution < 1.29 is 13.6 Å². The van der Waals surface area contributed by atoms with Crippen molar-refractivity contribution in [3.05, 3.63) is 48.0 Å². The number of nitrogens with zero attached hydrogens (tertiary/aromatic N) is 1. The molecule has 0 unspecified atom stereocenters. The Morgan fingerprint density at radius 2 is 1.77 bits per heavy atom. The average Bonchev–Trinajstić information content (AvgIpc) is 3.03. The summed E-state index contributed by atoms with van der Waals surface area (Å²) < 4.78 is 18.7. The molecular formula is C18H20FNO2. The molecule has 0 saturated carbocycles. The van der Waals surface area contributed by atoms with E-state index in [4.69, 9.17) is 4.42 Å². The van der Waals surface area contributed by atoms with Gasteiger partial charge in [-0.05, 0) is 55.7 Å². The number of aryl methyl sites for hydroxylation is 1. The standard InChI is InChI=1S/C18H20FNO2/c19-15-6-4-14(5-7-15)17-10-8-16(22-17)9-11-18(21)20-12-2-1-3-13-20/h4-8,10H,1-3,9,11-13H2. The minimum atomic E-state index is -0.261. The lowest BCUT2D eigenvalue weighted by atomic mass is 10.1. The molecule has 0 N–H and O–H groups in total. The Kier molecular flexibility index (Phi) is 4.56. The Bertz CT molecular complexity index is 627. The normalized spacial score (nSPS) is 15.0. The number of carbonyl (C=O) groups excluding carboxylic acids is 1. The fourth-order valence-electron chi connectivity index (χ4n) is 2.81. The van der Waals surface area contributed by atoms with E-state index in [1.807, 2.05) is 17.0 Å².